The Labute approximate surface area is 335 Å². The van der Waals surface area contributed by atoms with Crippen molar-refractivity contribution < 1.29 is 23.8 Å². The van der Waals surface area contributed by atoms with Crippen molar-refractivity contribution in [3.05, 3.63) is 238 Å². The van der Waals surface area contributed by atoms with Gasteiger partial charge in [-0.15, -0.1) is 0 Å². The monoisotopic (exact) mass is 748 g/mol. The van der Waals surface area contributed by atoms with Crippen LogP contribution >= 0.6 is 0 Å². The van der Waals surface area contributed by atoms with Crippen LogP contribution in [0.5, 0.6) is 34.5 Å². The average molecular weight is 749 g/mol. The molecular weight excluding hydrogens is 717 g/mol. The second kappa shape index (κ2) is 13.2. The van der Waals surface area contributed by atoms with Gasteiger partial charge in [0, 0.05) is 45.5 Å². The maximum atomic E-state index is 13.7. The fourth-order valence-electron chi connectivity index (χ4n) is 8.71. The second-order valence-electron chi connectivity index (χ2n) is 14.8. The van der Waals surface area contributed by atoms with Gasteiger partial charge in [-0.1, -0.05) is 109 Å². The van der Waals surface area contributed by atoms with Crippen molar-refractivity contribution in [1.82, 2.24) is 0 Å². The quantitative estimate of drug-likeness (QED) is 0.155. The average Bonchev–Trinajstić information content (AvgIpc) is 3.56. The number of fused-ring (bicyclic) bond motifs is 7. The highest BCUT2D eigenvalue weighted by atomic mass is 16.5. The van der Waals surface area contributed by atoms with Crippen LogP contribution in [0, 0.1) is 0 Å². The molecule has 274 valence electrons. The lowest BCUT2D eigenvalue weighted by molar-refractivity contribution is 0.103. The van der Waals surface area contributed by atoms with E-state index < -0.39 is 5.41 Å². The number of benzene rings is 8. The Kier molecular flexibility index (Phi) is 7.63. The molecule has 0 aromatic heterocycles. The third kappa shape index (κ3) is 5.40. The van der Waals surface area contributed by atoms with Crippen LogP contribution < -0.4 is 14.2 Å². The first-order chi connectivity index (χ1) is 28.5. The van der Waals surface area contributed by atoms with E-state index in [2.05, 4.69) is 60.7 Å². The summed E-state index contributed by atoms with van der Waals surface area (Å²) >= 11 is 0. The molecule has 8 aromatic rings. The molecule has 1 aliphatic carbocycles. The van der Waals surface area contributed by atoms with Crippen molar-refractivity contribution in [3.8, 4) is 45.6 Å². The predicted molar refractivity (Wildman–Crippen MR) is 226 cm³/mol. The third-order valence-electron chi connectivity index (χ3n) is 11.4. The van der Waals surface area contributed by atoms with Crippen LogP contribution in [-0.4, -0.2) is 11.6 Å². The van der Waals surface area contributed by atoms with Crippen LogP contribution in [0.25, 0.3) is 23.3 Å². The molecular formula is C53H32O5. The Bertz CT molecular complexity index is 2810. The van der Waals surface area contributed by atoms with Crippen LogP contribution in [0.1, 0.15) is 65.2 Å². The predicted octanol–water partition coefficient (Wildman–Crippen LogP) is 12.7. The molecule has 0 saturated carbocycles. The van der Waals surface area contributed by atoms with E-state index >= 15 is 0 Å². The van der Waals surface area contributed by atoms with E-state index in [0.717, 1.165) is 22.3 Å². The van der Waals surface area contributed by atoms with Crippen molar-refractivity contribution in [1.29, 1.82) is 0 Å². The van der Waals surface area contributed by atoms with Gasteiger partial charge in [0.25, 0.3) is 0 Å². The lowest BCUT2D eigenvalue weighted by atomic mass is 9.66. The highest BCUT2D eigenvalue weighted by molar-refractivity contribution is 6.10. The molecule has 0 fully saturated rings. The first-order valence-corrected chi connectivity index (χ1v) is 19.2. The van der Waals surface area contributed by atoms with E-state index in [-0.39, 0.29) is 11.6 Å². The first kappa shape index (κ1) is 33.6. The number of carbonyl (C=O) groups is 2. The molecule has 0 N–H and O–H groups in total. The largest absolute Gasteiger partial charge is 0.457 e. The lowest BCUT2D eigenvalue weighted by Crippen LogP contribution is -2.32. The van der Waals surface area contributed by atoms with Gasteiger partial charge in [-0.25, -0.2) is 0 Å². The highest BCUT2D eigenvalue weighted by Crippen LogP contribution is 2.62. The number of rotatable bonds is 0. The van der Waals surface area contributed by atoms with Crippen molar-refractivity contribution in [3.63, 3.8) is 0 Å². The van der Waals surface area contributed by atoms with Crippen LogP contribution in [-0.2, 0) is 5.41 Å². The summed E-state index contributed by atoms with van der Waals surface area (Å²) in [5.74, 6) is 3.53. The summed E-state index contributed by atoms with van der Waals surface area (Å²) in [6, 6.07) is 58.6. The van der Waals surface area contributed by atoms with Gasteiger partial charge in [0.2, 0.25) is 0 Å². The minimum atomic E-state index is -0.664. The summed E-state index contributed by atoms with van der Waals surface area (Å²) in [7, 11) is 0. The Balaban J connectivity index is 1.06. The zero-order valence-corrected chi connectivity index (χ0v) is 31.0. The molecule has 0 saturated heterocycles. The minimum absolute atomic E-state index is 0.0932. The molecule has 0 atom stereocenters. The van der Waals surface area contributed by atoms with Crippen LogP contribution in [0.3, 0.4) is 0 Å². The van der Waals surface area contributed by atoms with Crippen LogP contribution in [0.15, 0.2) is 182 Å². The van der Waals surface area contributed by atoms with Gasteiger partial charge in [0.1, 0.15) is 34.5 Å². The summed E-state index contributed by atoms with van der Waals surface area (Å²) in [6.07, 6.45) is 3.89. The van der Waals surface area contributed by atoms with Crippen molar-refractivity contribution >= 4 is 23.7 Å². The SMILES string of the molecule is O=C1c2ccc(cc2)Oc2ccc3c(c2)Oc2cc(ccc2C32c3ccccc3-c3ccccc32)Oc2ccc(cc2)C(=O)c2cccc(c2)C=Cc2cccc1c2. The number of hydrogen-bond acceptors (Lipinski definition) is 5. The molecule has 0 amide bonds. The maximum absolute atomic E-state index is 13.7. The molecule has 1 spiro atoms. The Morgan fingerprint density at radius 2 is 0.759 bits per heavy atom. The van der Waals surface area contributed by atoms with Gasteiger partial charge in [-0.2, -0.15) is 0 Å². The van der Waals surface area contributed by atoms with Gasteiger partial charge in [0.15, 0.2) is 11.6 Å². The molecule has 0 radical (unpaired) electrons. The van der Waals surface area contributed by atoms with E-state index in [0.29, 0.717) is 56.8 Å². The Morgan fingerprint density at radius 1 is 0.328 bits per heavy atom. The summed E-state index contributed by atoms with van der Waals surface area (Å²) in [5, 5.41) is 0. The number of ketones is 2. The van der Waals surface area contributed by atoms with E-state index in [1.165, 1.54) is 22.3 Å². The van der Waals surface area contributed by atoms with Crippen molar-refractivity contribution in [2.24, 2.45) is 0 Å². The summed E-state index contributed by atoms with van der Waals surface area (Å²) in [6.45, 7) is 0. The molecule has 14 rings (SSSR count). The van der Waals surface area contributed by atoms with Crippen LogP contribution in [0.4, 0.5) is 0 Å². The minimum Gasteiger partial charge on any atom is -0.457 e. The molecule has 5 heteroatoms. The molecule has 12 bridgehead atoms. The number of ether oxygens (including phenoxy) is 3. The molecule has 8 aromatic carbocycles. The van der Waals surface area contributed by atoms with E-state index in [9.17, 15) is 9.59 Å². The topological polar surface area (TPSA) is 61.8 Å². The zero-order chi connectivity index (χ0) is 38.8. The fourth-order valence-corrected chi connectivity index (χ4v) is 8.71. The summed E-state index contributed by atoms with van der Waals surface area (Å²) in [5.41, 5.74) is 10.0. The smallest absolute Gasteiger partial charge is 0.193 e. The maximum Gasteiger partial charge on any atom is 0.193 e. The fraction of sp³-hybridized carbons (Fsp3) is 0.0189. The lowest BCUT2D eigenvalue weighted by Gasteiger charge is -2.39. The highest BCUT2D eigenvalue weighted by Gasteiger charge is 2.51. The van der Waals surface area contributed by atoms with Gasteiger partial charge in [-0.05, 0) is 106 Å². The normalized spacial score (nSPS) is 14.1. The Hall–Kier alpha value is -7.76. The van der Waals surface area contributed by atoms with E-state index in [4.69, 9.17) is 14.2 Å². The number of hydrogen-bond donors (Lipinski definition) is 0. The van der Waals surface area contributed by atoms with Gasteiger partial charge < -0.3 is 14.2 Å². The second-order valence-corrected chi connectivity index (χ2v) is 14.8. The van der Waals surface area contributed by atoms with Crippen LogP contribution in [0.2, 0.25) is 0 Å². The standard InChI is InChI=1S/C53H32O5/c54-51-35-17-21-39(22-18-35)56-41-25-27-47-49(31-41)58-50-32-42(26-28-48(50)53(47)45-13-3-1-11-43(45)44-12-2-4-14-46(44)53)57-40-23-19-36(20-24-40)52(55)38-10-6-8-34(30-38)16-15-33-7-5-9-37(51)29-33/h1-32H. The van der Waals surface area contributed by atoms with Gasteiger partial charge in [-0.3, -0.25) is 9.59 Å². The van der Waals surface area contributed by atoms with Crippen molar-refractivity contribution in [2.45, 2.75) is 5.41 Å². The first-order valence-electron chi connectivity index (χ1n) is 19.2. The van der Waals surface area contributed by atoms with Gasteiger partial charge >= 0.3 is 0 Å². The van der Waals surface area contributed by atoms with Gasteiger partial charge in [0.05, 0.1) is 5.41 Å². The van der Waals surface area contributed by atoms with E-state index in [1.54, 1.807) is 24.3 Å². The molecule has 5 aliphatic heterocycles. The molecule has 5 heterocycles. The van der Waals surface area contributed by atoms with E-state index in [1.807, 2.05) is 109 Å². The van der Waals surface area contributed by atoms with Crippen molar-refractivity contribution in [2.75, 3.05) is 0 Å². The third-order valence-corrected chi connectivity index (χ3v) is 11.4. The Morgan fingerprint density at radius 3 is 1.22 bits per heavy atom. The zero-order valence-electron chi connectivity index (χ0n) is 31.0. The summed E-state index contributed by atoms with van der Waals surface area (Å²) in [4.78, 5) is 27.3. The molecule has 58 heavy (non-hydrogen) atoms. The molecule has 5 nitrogen and oxygen atoms in total. The summed E-state index contributed by atoms with van der Waals surface area (Å²) < 4.78 is 19.7. The molecule has 0 unspecified atom stereocenters. The molecule has 6 aliphatic rings. The number of carbonyl (C=O) groups excluding carboxylic acids is 2.